The summed E-state index contributed by atoms with van der Waals surface area (Å²) in [6.07, 6.45) is 12.0. The summed E-state index contributed by atoms with van der Waals surface area (Å²) in [7, 11) is 0. The van der Waals surface area contributed by atoms with Gasteiger partial charge in [-0.3, -0.25) is 4.79 Å². The number of nitrogens with one attached hydrogen (secondary N) is 1. The first-order valence-corrected chi connectivity index (χ1v) is 9.72. The van der Waals surface area contributed by atoms with Crippen LogP contribution < -0.4 is 5.32 Å². The molecule has 25 heavy (non-hydrogen) atoms. The van der Waals surface area contributed by atoms with Crippen molar-refractivity contribution in [2.75, 3.05) is 6.54 Å². The SMILES string of the molecule is CCCCCCCCCC#CCCC(=O)NCCc1ccc(O)cc1. The molecule has 1 aromatic carbocycles. The van der Waals surface area contributed by atoms with Crippen molar-refractivity contribution in [3.8, 4) is 17.6 Å². The predicted octanol–water partition coefficient (Wildman–Crippen LogP) is 4.98. The van der Waals surface area contributed by atoms with E-state index >= 15 is 0 Å². The third-order valence-electron chi connectivity index (χ3n) is 4.18. The lowest BCUT2D eigenvalue weighted by molar-refractivity contribution is -0.120. The molecule has 0 saturated heterocycles. The zero-order valence-corrected chi connectivity index (χ0v) is 15.7. The van der Waals surface area contributed by atoms with Gasteiger partial charge in [0.05, 0.1) is 0 Å². The molecule has 1 rings (SSSR count). The molecular formula is C22H33NO2. The van der Waals surface area contributed by atoms with E-state index in [2.05, 4.69) is 24.1 Å². The molecule has 138 valence electrons. The van der Waals surface area contributed by atoms with Crippen LogP contribution in [-0.4, -0.2) is 17.6 Å². The number of benzene rings is 1. The Labute approximate surface area is 153 Å². The smallest absolute Gasteiger partial charge is 0.220 e. The van der Waals surface area contributed by atoms with Gasteiger partial charge in [-0.1, -0.05) is 57.6 Å². The molecule has 0 spiro atoms. The van der Waals surface area contributed by atoms with E-state index in [9.17, 15) is 9.90 Å². The van der Waals surface area contributed by atoms with E-state index in [0.717, 1.165) is 18.4 Å². The Balaban J connectivity index is 1.95. The molecule has 1 aromatic rings. The number of phenolic OH excluding ortho intramolecular Hbond substituents is 1. The van der Waals surface area contributed by atoms with E-state index in [1.54, 1.807) is 12.1 Å². The maximum atomic E-state index is 11.7. The second-order valence-corrected chi connectivity index (χ2v) is 6.49. The number of rotatable bonds is 12. The molecule has 1 amide bonds. The molecule has 0 aliphatic carbocycles. The van der Waals surface area contributed by atoms with Gasteiger partial charge in [0.15, 0.2) is 0 Å². The Morgan fingerprint density at radius 2 is 1.60 bits per heavy atom. The van der Waals surface area contributed by atoms with Crippen LogP contribution in [0.4, 0.5) is 0 Å². The first-order valence-electron chi connectivity index (χ1n) is 9.72. The van der Waals surface area contributed by atoms with Gasteiger partial charge < -0.3 is 10.4 Å². The van der Waals surface area contributed by atoms with E-state index in [1.165, 1.54) is 44.9 Å². The number of hydrogen-bond acceptors (Lipinski definition) is 2. The first-order chi connectivity index (χ1) is 12.2. The Morgan fingerprint density at radius 3 is 2.32 bits per heavy atom. The van der Waals surface area contributed by atoms with Crippen LogP contribution in [0.1, 0.15) is 76.7 Å². The number of unbranched alkanes of at least 4 members (excludes halogenated alkanes) is 7. The second kappa shape index (κ2) is 14.4. The maximum Gasteiger partial charge on any atom is 0.220 e. The fourth-order valence-electron chi connectivity index (χ4n) is 2.62. The van der Waals surface area contributed by atoms with Gasteiger partial charge in [0.1, 0.15) is 5.75 Å². The van der Waals surface area contributed by atoms with Gasteiger partial charge >= 0.3 is 0 Å². The van der Waals surface area contributed by atoms with Crippen LogP contribution in [0.2, 0.25) is 0 Å². The highest BCUT2D eigenvalue weighted by Crippen LogP contribution is 2.09. The van der Waals surface area contributed by atoms with Crippen molar-refractivity contribution in [3.63, 3.8) is 0 Å². The minimum absolute atomic E-state index is 0.0593. The lowest BCUT2D eigenvalue weighted by Gasteiger charge is -2.04. The molecule has 0 radical (unpaired) electrons. The zero-order chi connectivity index (χ0) is 18.2. The highest BCUT2D eigenvalue weighted by Gasteiger charge is 1.99. The molecule has 0 aliphatic rings. The zero-order valence-electron chi connectivity index (χ0n) is 15.7. The summed E-state index contributed by atoms with van der Waals surface area (Å²) in [6.45, 7) is 2.86. The molecule has 0 heterocycles. The molecule has 0 fully saturated rings. The Bertz CT molecular complexity index is 525. The van der Waals surface area contributed by atoms with Gasteiger partial charge in [0.2, 0.25) is 5.91 Å². The molecule has 0 bridgehead atoms. The van der Waals surface area contributed by atoms with E-state index in [0.29, 0.717) is 19.4 Å². The minimum atomic E-state index is 0.0593. The molecule has 0 unspecified atom stereocenters. The molecular weight excluding hydrogens is 310 g/mol. The van der Waals surface area contributed by atoms with Crippen LogP contribution in [0, 0.1) is 11.8 Å². The molecule has 0 aliphatic heterocycles. The maximum absolute atomic E-state index is 11.7. The second-order valence-electron chi connectivity index (χ2n) is 6.49. The highest BCUT2D eigenvalue weighted by molar-refractivity contribution is 5.76. The lowest BCUT2D eigenvalue weighted by atomic mass is 10.1. The van der Waals surface area contributed by atoms with E-state index < -0.39 is 0 Å². The van der Waals surface area contributed by atoms with Crippen LogP contribution in [0.15, 0.2) is 24.3 Å². The quantitative estimate of drug-likeness (QED) is 0.415. The number of carbonyl (C=O) groups is 1. The van der Waals surface area contributed by atoms with Gasteiger partial charge in [0, 0.05) is 25.8 Å². The monoisotopic (exact) mass is 343 g/mol. The van der Waals surface area contributed by atoms with Crippen LogP contribution in [0.25, 0.3) is 0 Å². The molecule has 0 saturated carbocycles. The topological polar surface area (TPSA) is 49.3 Å². The molecule has 3 nitrogen and oxygen atoms in total. The number of phenols is 1. The van der Waals surface area contributed by atoms with Crippen molar-refractivity contribution in [2.45, 2.75) is 77.6 Å². The van der Waals surface area contributed by atoms with Crippen molar-refractivity contribution in [2.24, 2.45) is 0 Å². The normalized spacial score (nSPS) is 10.1. The predicted molar refractivity (Wildman–Crippen MR) is 104 cm³/mol. The van der Waals surface area contributed by atoms with Gasteiger partial charge in [0.25, 0.3) is 0 Å². The fraction of sp³-hybridized carbons (Fsp3) is 0.591. The van der Waals surface area contributed by atoms with E-state index in [1.807, 2.05) is 12.1 Å². The van der Waals surface area contributed by atoms with Crippen molar-refractivity contribution in [1.82, 2.24) is 5.32 Å². The van der Waals surface area contributed by atoms with Crippen molar-refractivity contribution in [3.05, 3.63) is 29.8 Å². The van der Waals surface area contributed by atoms with Crippen molar-refractivity contribution >= 4 is 5.91 Å². The highest BCUT2D eigenvalue weighted by atomic mass is 16.3. The summed E-state index contributed by atoms with van der Waals surface area (Å²) in [4.78, 5) is 11.7. The van der Waals surface area contributed by atoms with Gasteiger partial charge in [-0.15, -0.1) is 11.8 Å². The molecule has 2 N–H and O–H groups in total. The van der Waals surface area contributed by atoms with Gasteiger partial charge in [-0.2, -0.15) is 0 Å². The summed E-state index contributed by atoms with van der Waals surface area (Å²) < 4.78 is 0. The van der Waals surface area contributed by atoms with Gasteiger partial charge in [-0.25, -0.2) is 0 Å². The van der Waals surface area contributed by atoms with Crippen LogP contribution in [0.5, 0.6) is 5.75 Å². The summed E-state index contributed by atoms with van der Waals surface area (Å²) in [6, 6.07) is 7.07. The van der Waals surface area contributed by atoms with Crippen LogP contribution in [0.3, 0.4) is 0 Å². The van der Waals surface area contributed by atoms with Gasteiger partial charge in [-0.05, 0) is 30.5 Å². The van der Waals surface area contributed by atoms with E-state index in [-0.39, 0.29) is 11.7 Å². The number of aromatic hydroxyl groups is 1. The summed E-state index contributed by atoms with van der Waals surface area (Å²) in [5.74, 6) is 6.61. The summed E-state index contributed by atoms with van der Waals surface area (Å²) in [5.41, 5.74) is 1.10. The average molecular weight is 344 g/mol. The summed E-state index contributed by atoms with van der Waals surface area (Å²) in [5, 5.41) is 12.1. The van der Waals surface area contributed by atoms with Crippen molar-refractivity contribution < 1.29 is 9.90 Å². The third-order valence-corrected chi connectivity index (χ3v) is 4.18. The number of hydrogen-bond donors (Lipinski definition) is 2. The Morgan fingerprint density at radius 1 is 0.960 bits per heavy atom. The molecule has 3 heteroatoms. The number of amides is 1. The number of carbonyl (C=O) groups excluding carboxylic acids is 1. The Hall–Kier alpha value is -1.95. The average Bonchev–Trinajstić information content (AvgIpc) is 2.61. The van der Waals surface area contributed by atoms with E-state index in [4.69, 9.17) is 0 Å². The summed E-state index contributed by atoms with van der Waals surface area (Å²) >= 11 is 0. The van der Waals surface area contributed by atoms with Crippen molar-refractivity contribution in [1.29, 1.82) is 0 Å². The largest absolute Gasteiger partial charge is 0.508 e. The first kappa shape index (κ1) is 21.1. The molecule has 0 atom stereocenters. The standard InChI is InChI=1S/C22H33NO2/c1-2-3-4-5-6-7-8-9-10-11-12-13-22(25)23-19-18-20-14-16-21(24)17-15-20/h14-17,24H,2-9,12-13,18-19H2,1H3,(H,23,25). The Kier molecular flexibility index (Phi) is 12.1. The third kappa shape index (κ3) is 12.1. The fourth-order valence-corrected chi connectivity index (χ4v) is 2.62. The van der Waals surface area contributed by atoms with Crippen LogP contribution >= 0.6 is 0 Å². The molecule has 0 aromatic heterocycles. The lowest BCUT2D eigenvalue weighted by Crippen LogP contribution is -2.25. The van der Waals surface area contributed by atoms with Crippen LogP contribution in [-0.2, 0) is 11.2 Å². The minimum Gasteiger partial charge on any atom is -0.508 e.